The summed E-state index contributed by atoms with van der Waals surface area (Å²) in [6.07, 6.45) is 0.919. The molecule has 3 nitrogen and oxygen atoms in total. The monoisotopic (exact) mass is 301 g/mol. The van der Waals surface area contributed by atoms with Gasteiger partial charge in [0.15, 0.2) is 6.10 Å². The van der Waals surface area contributed by atoms with Gasteiger partial charge in [0.1, 0.15) is 0 Å². The van der Waals surface area contributed by atoms with Gasteiger partial charge in [-0.3, -0.25) is 4.79 Å². The molecule has 0 aliphatic rings. The molecule has 0 fully saturated rings. The number of carbonyl (C=O) groups excluding carboxylic acids is 1. The van der Waals surface area contributed by atoms with Crippen molar-refractivity contribution in [3.8, 4) is 0 Å². The number of likely N-dealkylation sites (N-methyl/N-ethyl adjacent to an activating group) is 1. The summed E-state index contributed by atoms with van der Waals surface area (Å²) in [5.74, 6) is -0.296. The molecule has 0 saturated heterocycles. The normalized spacial score (nSPS) is 12.0. The first-order chi connectivity index (χ1) is 10.1. The fourth-order valence-electron chi connectivity index (χ4n) is 2.07. The number of rotatable bonds is 5. The van der Waals surface area contributed by atoms with Crippen molar-refractivity contribution in [1.29, 1.82) is 0 Å². The molecular weight excluding hydrogens is 282 g/mol. The smallest absolute Gasteiger partial charge is 0.256 e. The molecule has 21 heavy (non-hydrogen) atoms. The Labute approximate surface area is 129 Å². The molecule has 0 aromatic heterocycles. The third kappa shape index (κ3) is 4.09. The van der Waals surface area contributed by atoms with Gasteiger partial charge in [0.05, 0.1) is 0 Å². The van der Waals surface area contributed by atoms with E-state index in [0.717, 1.165) is 5.56 Å². The van der Waals surface area contributed by atoms with Crippen LogP contribution in [0.15, 0.2) is 59.5 Å². The fraction of sp³-hybridized carbons (Fsp3) is 0.235. The predicted molar refractivity (Wildman–Crippen MR) is 86.1 cm³/mol. The van der Waals surface area contributed by atoms with Crippen LogP contribution >= 0.6 is 11.8 Å². The Morgan fingerprint density at radius 2 is 1.76 bits per heavy atom. The molecule has 4 heteroatoms. The maximum Gasteiger partial charge on any atom is 0.256 e. The van der Waals surface area contributed by atoms with Gasteiger partial charge in [0, 0.05) is 18.5 Å². The molecule has 110 valence electrons. The Bertz CT molecular complexity index is 583. The highest BCUT2D eigenvalue weighted by molar-refractivity contribution is 7.98. The van der Waals surface area contributed by atoms with Crippen molar-refractivity contribution in [1.82, 2.24) is 4.90 Å². The molecule has 1 atom stereocenters. The Kier molecular flexibility index (Phi) is 5.42. The van der Waals surface area contributed by atoms with Gasteiger partial charge in [0.2, 0.25) is 0 Å². The standard InChI is InChI=1S/C17H19NO2S/c1-18(12-13-8-10-15(21-2)11-9-13)17(20)16(19)14-6-4-3-5-7-14/h3-11,16,19H,12H2,1-2H3. The molecule has 2 aromatic carbocycles. The van der Waals surface area contributed by atoms with Crippen LogP contribution in [0.1, 0.15) is 17.2 Å². The van der Waals surface area contributed by atoms with Gasteiger partial charge >= 0.3 is 0 Å². The predicted octanol–water partition coefficient (Wildman–Crippen LogP) is 3.10. The van der Waals surface area contributed by atoms with Gasteiger partial charge in [-0.15, -0.1) is 11.8 Å². The lowest BCUT2D eigenvalue weighted by atomic mass is 10.1. The minimum Gasteiger partial charge on any atom is -0.378 e. The summed E-state index contributed by atoms with van der Waals surface area (Å²) in [6, 6.07) is 17.1. The van der Waals surface area contributed by atoms with E-state index < -0.39 is 6.10 Å². The molecule has 2 rings (SSSR count). The van der Waals surface area contributed by atoms with Gasteiger partial charge < -0.3 is 10.0 Å². The number of carbonyl (C=O) groups is 1. The van der Waals surface area contributed by atoms with Gasteiger partial charge in [-0.1, -0.05) is 42.5 Å². The number of benzene rings is 2. The first-order valence-corrected chi connectivity index (χ1v) is 7.95. The van der Waals surface area contributed by atoms with Gasteiger partial charge in [-0.25, -0.2) is 0 Å². The average molecular weight is 301 g/mol. The van der Waals surface area contributed by atoms with Gasteiger partial charge in [0.25, 0.3) is 5.91 Å². The van der Waals surface area contributed by atoms with Gasteiger partial charge in [-0.05, 0) is 29.5 Å². The number of thioether (sulfide) groups is 1. The van der Waals surface area contributed by atoms with E-state index >= 15 is 0 Å². The van der Waals surface area contributed by atoms with Crippen molar-refractivity contribution in [2.45, 2.75) is 17.5 Å². The molecule has 0 spiro atoms. The second-order valence-corrected chi connectivity index (χ2v) is 5.74. The summed E-state index contributed by atoms with van der Waals surface area (Å²) >= 11 is 1.68. The number of nitrogens with zero attached hydrogens (tertiary/aromatic N) is 1. The molecule has 0 heterocycles. The maximum atomic E-state index is 12.2. The number of aliphatic hydroxyl groups excluding tert-OH is 1. The maximum absolute atomic E-state index is 12.2. The summed E-state index contributed by atoms with van der Waals surface area (Å²) in [4.78, 5) is 15.0. The molecule has 1 N–H and O–H groups in total. The molecule has 2 aromatic rings. The topological polar surface area (TPSA) is 40.5 Å². The number of aliphatic hydroxyl groups is 1. The first kappa shape index (κ1) is 15.6. The second kappa shape index (κ2) is 7.29. The average Bonchev–Trinajstić information content (AvgIpc) is 2.55. The molecule has 0 aliphatic heterocycles. The Morgan fingerprint density at radius 3 is 2.33 bits per heavy atom. The van der Waals surface area contributed by atoms with Crippen molar-refractivity contribution in [2.75, 3.05) is 13.3 Å². The van der Waals surface area contributed by atoms with Crippen LogP contribution in [0.25, 0.3) is 0 Å². The van der Waals surface area contributed by atoms with E-state index in [-0.39, 0.29) is 5.91 Å². The molecule has 0 bridgehead atoms. The minimum atomic E-state index is -1.11. The largest absolute Gasteiger partial charge is 0.378 e. The number of hydrogen-bond acceptors (Lipinski definition) is 3. The molecular formula is C17H19NO2S. The minimum absolute atomic E-state index is 0.296. The summed E-state index contributed by atoms with van der Waals surface area (Å²) < 4.78 is 0. The summed E-state index contributed by atoms with van der Waals surface area (Å²) in [5, 5.41) is 10.1. The lowest BCUT2D eigenvalue weighted by molar-refractivity contribution is -0.139. The van der Waals surface area contributed by atoms with Crippen LogP contribution < -0.4 is 0 Å². The Balaban J connectivity index is 2.01. The number of hydrogen-bond donors (Lipinski definition) is 1. The van der Waals surface area contributed by atoms with Crippen molar-refractivity contribution >= 4 is 17.7 Å². The highest BCUT2D eigenvalue weighted by Gasteiger charge is 2.20. The first-order valence-electron chi connectivity index (χ1n) is 6.72. The van der Waals surface area contributed by atoms with Crippen LogP contribution in [0.3, 0.4) is 0 Å². The van der Waals surface area contributed by atoms with Crippen molar-refractivity contribution in [2.24, 2.45) is 0 Å². The molecule has 1 amide bonds. The van der Waals surface area contributed by atoms with Crippen LogP contribution in [0, 0.1) is 0 Å². The third-order valence-electron chi connectivity index (χ3n) is 3.30. The lowest BCUT2D eigenvalue weighted by Crippen LogP contribution is -2.31. The van der Waals surface area contributed by atoms with Crippen molar-refractivity contribution < 1.29 is 9.90 Å². The van der Waals surface area contributed by atoms with Crippen LogP contribution in [0.4, 0.5) is 0 Å². The Morgan fingerprint density at radius 1 is 1.14 bits per heavy atom. The van der Waals surface area contributed by atoms with Crippen molar-refractivity contribution in [3.63, 3.8) is 0 Å². The molecule has 1 unspecified atom stereocenters. The van der Waals surface area contributed by atoms with Crippen LogP contribution in [0.2, 0.25) is 0 Å². The fourth-order valence-corrected chi connectivity index (χ4v) is 2.48. The van der Waals surface area contributed by atoms with E-state index in [1.807, 2.05) is 48.7 Å². The van der Waals surface area contributed by atoms with E-state index in [1.165, 1.54) is 4.90 Å². The highest BCUT2D eigenvalue weighted by atomic mass is 32.2. The quantitative estimate of drug-likeness (QED) is 0.863. The SMILES string of the molecule is CSc1ccc(CN(C)C(=O)C(O)c2ccccc2)cc1. The Hall–Kier alpha value is -1.78. The third-order valence-corrected chi connectivity index (χ3v) is 4.05. The number of amides is 1. The van der Waals surface area contributed by atoms with Gasteiger partial charge in [-0.2, -0.15) is 0 Å². The zero-order valence-corrected chi connectivity index (χ0v) is 13.0. The van der Waals surface area contributed by atoms with Crippen LogP contribution in [-0.2, 0) is 11.3 Å². The second-order valence-electron chi connectivity index (χ2n) is 4.86. The van der Waals surface area contributed by atoms with E-state index in [1.54, 1.807) is 35.8 Å². The van der Waals surface area contributed by atoms with E-state index in [9.17, 15) is 9.90 Å². The van der Waals surface area contributed by atoms with Crippen LogP contribution in [0.5, 0.6) is 0 Å². The van der Waals surface area contributed by atoms with E-state index in [0.29, 0.717) is 12.1 Å². The lowest BCUT2D eigenvalue weighted by Gasteiger charge is -2.21. The summed E-state index contributed by atoms with van der Waals surface area (Å²) in [5.41, 5.74) is 1.66. The summed E-state index contributed by atoms with van der Waals surface area (Å²) in [6.45, 7) is 0.484. The zero-order valence-electron chi connectivity index (χ0n) is 12.2. The molecule has 0 aliphatic carbocycles. The molecule has 0 radical (unpaired) electrons. The van der Waals surface area contributed by atoms with E-state index in [4.69, 9.17) is 0 Å². The molecule has 0 saturated carbocycles. The van der Waals surface area contributed by atoms with Crippen LogP contribution in [-0.4, -0.2) is 29.2 Å². The van der Waals surface area contributed by atoms with E-state index in [2.05, 4.69) is 0 Å². The highest BCUT2D eigenvalue weighted by Crippen LogP contribution is 2.18. The van der Waals surface area contributed by atoms with Crippen molar-refractivity contribution in [3.05, 3.63) is 65.7 Å². The summed E-state index contributed by atoms with van der Waals surface area (Å²) in [7, 11) is 1.71. The zero-order chi connectivity index (χ0) is 15.2.